The number of rotatable bonds is 6. The molecule has 0 aliphatic heterocycles. The molecule has 3 atom stereocenters. The number of benzene rings is 2. The van der Waals surface area contributed by atoms with Crippen LogP contribution in [0.25, 0.3) is 10.9 Å². The molecule has 5 heteroatoms. The van der Waals surface area contributed by atoms with Crippen LogP contribution < -0.4 is 10.1 Å². The van der Waals surface area contributed by atoms with E-state index in [1.54, 1.807) is 7.11 Å². The number of H-pyrrole nitrogens is 1. The van der Waals surface area contributed by atoms with Gasteiger partial charge in [-0.1, -0.05) is 24.3 Å². The van der Waals surface area contributed by atoms with E-state index in [-0.39, 0.29) is 23.8 Å². The van der Waals surface area contributed by atoms with Crippen molar-refractivity contribution in [2.45, 2.75) is 63.8 Å². The van der Waals surface area contributed by atoms with E-state index in [4.69, 9.17) is 4.74 Å². The normalized spacial score (nSPS) is 21.1. The van der Waals surface area contributed by atoms with Gasteiger partial charge in [-0.3, -0.25) is 9.59 Å². The van der Waals surface area contributed by atoms with Gasteiger partial charge in [0.15, 0.2) is 0 Å². The van der Waals surface area contributed by atoms with E-state index in [1.165, 1.54) is 16.5 Å². The molecule has 2 N–H and O–H groups in total. The van der Waals surface area contributed by atoms with Crippen molar-refractivity contribution in [3.05, 3.63) is 64.8 Å². The predicted molar refractivity (Wildman–Crippen MR) is 130 cm³/mol. The summed E-state index contributed by atoms with van der Waals surface area (Å²) < 4.78 is 5.40. The Balaban J connectivity index is 1.28. The minimum absolute atomic E-state index is 0.00486. The molecule has 3 aromatic rings. The smallest absolute Gasteiger partial charge is 0.227 e. The van der Waals surface area contributed by atoms with Crippen molar-refractivity contribution >= 4 is 22.6 Å². The third-order valence-electron chi connectivity index (χ3n) is 7.52. The number of nitrogens with one attached hydrogen (secondary N) is 2. The van der Waals surface area contributed by atoms with Gasteiger partial charge >= 0.3 is 0 Å². The highest BCUT2D eigenvalue weighted by Gasteiger charge is 2.28. The lowest BCUT2D eigenvalue weighted by Gasteiger charge is -2.25. The lowest BCUT2D eigenvalue weighted by Crippen LogP contribution is -2.34. The van der Waals surface area contributed by atoms with E-state index in [9.17, 15) is 9.59 Å². The second kappa shape index (κ2) is 9.05. The summed E-state index contributed by atoms with van der Waals surface area (Å²) in [4.78, 5) is 28.7. The van der Waals surface area contributed by atoms with Gasteiger partial charge in [0, 0.05) is 28.9 Å². The van der Waals surface area contributed by atoms with Gasteiger partial charge in [0.05, 0.1) is 19.1 Å². The molecule has 2 aromatic carbocycles. The summed E-state index contributed by atoms with van der Waals surface area (Å²) in [7, 11) is 1.69. The van der Waals surface area contributed by atoms with Crippen molar-refractivity contribution in [3.63, 3.8) is 0 Å². The molecule has 1 fully saturated rings. The van der Waals surface area contributed by atoms with Crippen LogP contribution in [0.2, 0.25) is 0 Å². The van der Waals surface area contributed by atoms with E-state index >= 15 is 0 Å². The molecule has 0 saturated heterocycles. The Morgan fingerprint density at radius 3 is 2.64 bits per heavy atom. The van der Waals surface area contributed by atoms with Crippen molar-refractivity contribution < 1.29 is 14.3 Å². The first-order chi connectivity index (χ1) is 16.0. The maximum Gasteiger partial charge on any atom is 0.227 e. The first-order valence-corrected chi connectivity index (χ1v) is 12.1. The number of amides is 1. The zero-order valence-electron chi connectivity index (χ0n) is 19.4. The average molecular weight is 445 g/mol. The minimum atomic E-state index is -0.234. The Labute approximate surface area is 194 Å². The van der Waals surface area contributed by atoms with Gasteiger partial charge in [-0.15, -0.1) is 0 Å². The van der Waals surface area contributed by atoms with Crippen LogP contribution in [0.15, 0.2) is 42.5 Å². The standard InChI is InChI=1S/C28H32N2O3/c1-17(19-11-9-18(10-12-19)15-20-5-3-8-26(20)31)28(32)30-25-7-4-6-22-23-16-21(33-2)13-14-24(23)29-27(22)25/h9-14,16-17,20,25,29H,3-8,15H2,1-2H3,(H,30,32)/t17-,20-,25+/m0/s1. The number of hydrogen-bond acceptors (Lipinski definition) is 3. The van der Waals surface area contributed by atoms with Crippen LogP contribution in [0.5, 0.6) is 5.75 Å². The Hall–Kier alpha value is -3.08. The highest BCUT2D eigenvalue weighted by atomic mass is 16.5. The molecule has 1 aromatic heterocycles. The molecule has 2 aliphatic carbocycles. The number of fused-ring (bicyclic) bond motifs is 3. The number of methoxy groups -OCH3 is 1. The van der Waals surface area contributed by atoms with Gasteiger partial charge in [-0.05, 0) is 80.3 Å². The fourth-order valence-electron chi connectivity index (χ4n) is 5.49. The van der Waals surface area contributed by atoms with Crippen LogP contribution in [-0.2, 0) is 22.4 Å². The second-order valence-corrected chi connectivity index (χ2v) is 9.61. The van der Waals surface area contributed by atoms with Crippen molar-refractivity contribution in [3.8, 4) is 5.75 Å². The van der Waals surface area contributed by atoms with Crippen LogP contribution in [-0.4, -0.2) is 23.8 Å². The lowest BCUT2D eigenvalue weighted by atomic mass is 9.90. The number of hydrogen-bond donors (Lipinski definition) is 2. The minimum Gasteiger partial charge on any atom is -0.497 e. The maximum absolute atomic E-state index is 13.2. The van der Waals surface area contributed by atoms with Crippen molar-refractivity contribution in [2.75, 3.05) is 7.11 Å². The lowest BCUT2D eigenvalue weighted by molar-refractivity contribution is -0.123. The number of aromatic amines is 1. The number of aromatic nitrogens is 1. The molecule has 2 aliphatic rings. The molecule has 1 amide bonds. The summed E-state index contributed by atoms with van der Waals surface area (Å²) in [5.41, 5.74) is 5.69. The topological polar surface area (TPSA) is 71.2 Å². The molecule has 5 nitrogen and oxygen atoms in total. The van der Waals surface area contributed by atoms with Crippen LogP contribution in [0.4, 0.5) is 0 Å². The third-order valence-corrected chi connectivity index (χ3v) is 7.52. The third kappa shape index (κ3) is 4.29. The van der Waals surface area contributed by atoms with Crippen LogP contribution in [0.1, 0.15) is 73.4 Å². The fourth-order valence-corrected chi connectivity index (χ4v) is 5.49. The molecule has 0 bridgehead atoms. The van der Waals surface area contributed by atoms with Crippen molar-refractivity contribution in [1.82, 2.24) is 10.3 Å². The summed E-state index contributed by atoms with van der Waals surface area (Å²) in [6.45, 7) is 1.96. The molecule has 33 heavy (non-hydrogen) atoms. The zero-order chi connectivity index (χ0) is 22.9. The van der Waals surface area contributed by atoms with E-state index < -0.39 is 0 Å². The van der Waals surface area contributed by atoms with Crippen molar-refractivity contribution in [2.24, 2.45) is 5.92 Å². The van der Waals surface area contributed by atoms with Gasteiger partial charge in [0.25, 0.3) is 0 Å². The van der Waals surface area contributed by atoms with E-state index in [2.05, 4.69) is 34.6 Å². The Morgan fingerprint density at radius 2 is 1.91 bits per heavy atom. The molecular weight excluding hydrogens is 412 g/mol. The molecular formula is C28H32N2O3. The molecule has 1 heterocycles. The monoisotopic (exact) mass is 444 g/mol. The molecule has 172 valence electrons. The summed E-state index contributed by atoms with van der Waals surface area (Å²) in [5.74, 6) is 1.23. The van der Waals surface area contributed by atoms with E-state index in [1.807, 2.05) is 25.1 Å². The number of ether oxygens (including phenoxy) is 1. The van der Waals surface area contributed by atoms with Gasteiger partial charge < -0.3 is 15.0 Å². The SMILES string of the molecule is COc1ccc2[nH]c3c(c2c1)CCC[C@H]3NC(=O)[C@@H](C)c1ccc(C[C@@H]2CCCC2=O)cc1. The van der Waals surface area contributed by atoms with Crippen LogP contribution in [0.3, 0.4) is 0 Å². The maximum atomic E-state index is 13.2. The zero-order valence-corrected chi connectivity index (χ0v) is 19.4. The number of carbonyl (C=O) groups is 2. The molecule has 0 radical (unpaired) electrons. The molecule has 0 unspecified atom stereocenters. The molecule has 1 saturated carbocycles. The molecule has 5 rings (SSSR count). The first-order valence-electron chi connectivity index (χ1n) is 12.1. The summed E-state index contributed by atoms with van der Waals surface area (Å²) in [6.07, 6.45) is 6.56. The first kappa shape index (κ1) is 21.7. The van der Waals surface area contributed by atoms with Gasteiger partial charge in [-0.2, -0.15) is 0 Å². The fraction of sp³-hybridized carbons (Fsp3) is 0.429. The van der Waals surface area contributed by atoms with Crippen LogP contribution in [0, 0.1) is 5.92 Å². The highest BCUT2D eigenvalue weighted by molar-refractivity contribution is 5.88. The molecule has 0 spiro atoms. The summed E-state index contributed by atoms with van der Waals surface area (Å²) in [6, 6.07) is 14.3. The second-order valence-electron chi connectivity index (χ2n) is 9.61. The van der Waals surface area contributed by atoms with Crippen LogP contribution >= 0.6 is 0 Å². The Kier molecular flexibility index (Phi) is 5.96. The quantitative estimate of drug-likeness (QED) is 0.536. The number of aryl methyl sites for hydroxylation is 1. The van der Waals surface area contributed by atoms with Gasteiger partial charge in [0.2, 0.25) is 5.91 Å². The highest BCUT2D eigenvalue weighted by Crippen LogP contribution is 2.36. The van der Waals surface area contributed by atoms with Crippen molar-refractivity contribution in [1.29, 1.82) is 0 Å². The van der Waals surface area contributed by atoms with Gasteiger partial charge in [0.1, 0.15) is 11.5 Å². The number of Topliss-reactive ketones (excluding diaryl/α,β-unsaturated/α-hetero) is 1. The largest absolute Gasteiger partial charge is 0.497 e. The van der Waals surface area contributed by atoms with E-state index in [0.717, 1.165) is 67.5 Å². The number of ketones is 1. The van der Waals surface area contributed by atoms with Gasteiger partial charge in [-0.25, -0.2) is 0 Å². The van der Waals surface area contributed by atoms with E-state index in [0.29, 0.717) is 5.78 Å². The average Bonchev–Trinajstić information content (AvgIpc) is 3.42. The number of carbonyl (C=O) groups excluding carboxylic acids is 2. The predicted octanol–water partition coefficient (Wildman–Crippen LogP) is 5.39. The summed E-state index contributed by atoms with van der Waals surface area (Å²) >= 11 is 0. The summed E-state index contributed by atoms with van der Waals surface area (Å²) in [5, 5.41) is 4.48. The Bertz CT molecular complexity index is 1180. The Morgan fingerprint density at radius 1 is 1.12 bits per heavy atom.